The molecule has 1 amide bonds. The first-order chi connectivity index (χ1) is 13.6. The highest BCUT2D eigenvalue weighted by molar-refractivity contribution is 5.81. The molecule has 0 aliphatic carbocycles. The van der Waals surface area contributed by atoms with E-state index in [0.29, 0.717) is 6.54 Å². The summed E-state index contributed by atoms with van der Waals surface area (Å²) in [5, 5.41) is 4.64. The fraction of sp³-hybridized carbons (Fsp3) is 0.478. The molecule has 5 heteroatoms. The summed E-state index contributed by atoms with van der Waals surface area (Å²) in [6, 6.07) is 12.4. The summed E-state index contributed by atoms with van der Waals surface area (Å²) in [7, 11) is 3.88. The lowest BCUT2D eigenvalue weighted by Gasteiger charge is -2.35. The van der Waals surface area contributed by atoms with Crippen molar-refractivity contribution in [1.82, 2.24) is 19.6 Å². The molecule has 1 aromatic heterocycles. The van der Waals surface area contributed by atoms with Gasteiger partial charge in [-0.25, -0.2) is 0 Å². The summed E-state index contributed by atoms with van der Waals surface area (Å²) in [6.07, 6.45) is 10.4. The molecule has 1 fully saturated rings. The second-order valence-electron chi connectivity index (χ2n) is 7.56. The molecule has 1 saturated heterocycles. The minimum Gasteiger partial charge on any atom is -0.344 e. The van der Waals surface area contributed by atoms with E-state index in [4.69, 9.17) is 6.42 Å². The number of amides is 1. The fourth-order valence-electron chi connectivity index (χ4n) is 3.97. The van der Waals surface area contributed by atoms with Crippen LogP contribution in [0.5, 0.6) is 0 Å². The molecule has 0 N–H and O–H groups in total. The monoisotopic (exact) mass is 378 g/mol. The van der Waals surface area contributed by atoms with Crippen molar-refractivity contribution in [3.05, 3.63) is 42.1 Å². The van der Waals surface area contributed by atoms with Crippen molar-refractivity contribution in [2.45, 2.75) is 38.1 Å². The summed E-state index contributed by atoms with van der Waals surface area (Å²) in [5.74, 6) is 2.89. The van der Waals surface area contributed by atoms with Crippen LogP contribution in [0.3, 0.4) is 0 Å². The molecule has 1 aliphatic rings. The summed E-state index contributed by atoms with van der Waals surface area (Å²) < 4.78 is 1.93. The highest BCUT2D eigenvalue weighted by atomic mass is 16.2. The summed E-state index contributed by atoms with van der Waals surface area (Å²) in [4.78, 5) is 16.9. The molecule has 28 heavy (non-hydrogen) atoms. The number of likely N-dealkylation sites (N-methyl/N-ethyl adjacent to an activating group) is 1. The molecule has 2 aromatic rings. The van der Waals surface area contributed by atoms with Gasteiger partial charge < -0.3 is 4.90 Å². The molecule has 3 rings (SSSR count). The maximum atomic E-state index is 12.9. The highest BCUT2D eigenvalue weighted by Gasteiger charge is 2.29. The Hall–Kier alpha value is -2.58. The van der Waals surface area contributed by atoms with Crippen LogP contribution in [0, 0.1) is 12.3 Å². The van der Waals surface area contributed by atoms with Crippen LogP contribution in [0.2, 0.25) is 0 Å². The number of rotatable bonds is 7. The molecule has 0 radical (unpaired) electrons. The van der Waals surface area contributed by atoms with Gasteiger partial charge in [-0.15, -0.1) is 6.42 Å². The minimum absolute atomic E-state index is 0.0608. The van der Waals surface area contributed by atoms with Gasteiger partial charge >= 0.3 is 0 Å². The number of aryl methyl sites for hydroxylation is 2. The zero-order valence-corrected chi connectivity index (χ0v) is 17.0. The first kappa shape index (κ1) is 20.2. The number of carbonyl (C=O) groups is 1. The van der Waals surface area contributed by atoms with Gasteiger partial charge in [-0.3, -0.25) is 14.4 Å². The predicted octanol–water partition coefficient (Wildman–Crippen LogP) is 2.97. The Labute approximate surface area is 168 Å². The number of benzene rings is 1. The van der Waals surface area contributed by atoms with E-state index in [-0.39, 0.29) is 11.9 Å². The fourth-order valence-corrected chi connectivity index (χ4v) is 3.97. The molecule has 1 atom stereocenters. The van der Waals surface area contributed by atoms with Crippen LogP contribution in [0.1, 0.15) is 31.4 Å². The van der Waals surface area contributed by atoms with E-state index in [1.54, 1.807) is 0 Å². The van der Waals surface area contributed by atoms with Crippen molar-refractivity contribution in [2.24, 2.45) is 7.05 Å². The van der Waals surface area contributed by atoms with E-state index < -0.39 is 0 Å². The van der Waals surface area contributed by atoms with Gasteiger partial charge in [0.05, 0.1) is 24.0 Å². The van der Waals surface area contributed by atoms with Gasteiger partial charge in [0.25, 0.3) is 0 Å². The average Bonchev–Trinajstić information content (AvgIpc) is 3.09. The van der Waals surface area contributed by atoms with Gasteiger partial charge in [0, 0.05) is 20.6 Å². The minimum atomic E-state index is -0.0608. The van der Waals surface area contributed by atoms with Crippen molar-refractivity contribution >= 4 is 5.91 Å². The van der Waals surface area contributed by atoms with Crippen molar-refractivity contribution in [1.29, 1.82) is 0 Å². The average molecular weight is 379 g/mol. The maximum absolute atomic E-state index is 12.9. The maximum Gasteiger partial charge on any atom is 0.239 e. The van der Waals surface area contributed by atoms with Crippen LogP contribution in [0.4, 0.5) is 0 Å². The third-order valence-electron chi connectivity index (χ3n) is 5.50. The summed E-state index contributed by atoms with van der Waals surface area (Å²) in [6.45, 7) is 2.21. The number of piperidine rings is 1. The lowest BCUT2D eigenvalue weighted by Crippen LogP contribution is -2.50. The van der Waals surface area contributed by atoms with Crippen molar-refractivity contribution in [3.8, 4) is 23.6 Å². The first-order valence-electron chi connectivity index (χ1n) is 10.1. The van der Waals surface area contributed by atoms with Crippen molar-refractivity contribution in [3.63, 3.8) is 0 Å². The summed E-state index contributed by atoms with van der Waals surface area (Å²) in [5.41, 5.74) is 3.35. The van der Waals surface area contributed by atoms with Crippen molar-refractivity contribution < 1.29 is 4.79 Å². The van der Waals surface area contributed by atoms with Crippen LogP contribution in [-0.2, 0) is 18.3 Å². The molecule has 0 bridgehead atoms. The summed E-state index contributed by atoms with van der Waals surface area (Å²) >= 11 is 0. The van der Waals surface area contributed by atoms with E-state index in [1.165, 1.54) is 5.56 Å². The van der Waals surface area contributed by atoms with Gasteiger partial charge in [-0.1, -0.05) is 42.7 Å². The van der Waals surface area contributed by atoms with E-state index in [2.05, 4.69) is 34.1 Å². The second-order valence-corrected chi connectivity index (χ2v) is 7.56. The smallest absolute Gasteiger partial charge is 0.239 e. The van der Waals surface area contributed by atoms with E-state index in [0.717, 1.165) is 56.6 Å². The molecular weight excluding hydrogens is 348 g/mol. The predicted molar refractivity (Wildman–Crippen MR) is 113 cm³/mol. The van der Waals surface area contributed by atoms with Crippen LogP contribution in [0.25, 0.3) is 11.3 Å². The van der Waals surface area contributed by atoms with E-state index in [1.807, 2.05) is 41.9 Å². The molecule has 2 heterocycles. The van der Waals surface area contributed by atoms with Gasteiger partial charge in [-0.05, 0) is 43.9 Å². The van der Waals surface area contributed by atoms with Crippen molar-refractivity contribution in [2.75, 3.05) is 26.7 Å². The second kappa shape index (κ2) is 9.57. The molecule has 0 spiro atoms. The van der Waals surface area contributed by atoms with Gasteiger partial charge in [0.1, 0.15) is 0 Å². The van der Waals surface area contributed by atoms with Crippen LogP contribution in [0.15, 0.2) is 36.4 Å². The normalized spacial score (nSPS) is 17.2. The van der Waals surface area contributed by atoms with Gasteiger partial charge in [-0.2, -0.15) is 5.10 Å². The zero-order chi connectivity index (χ0) is 19.9. The Kier molecular flexibility index (Phi) is 6.89. The third kappa shape index (κ3) is 4.82. The molecule has 148 valence electrons. The topological polar surface area (TPSA) is 41.4 Å². The van der Waals surface area contributed by atoms with E-state index in [9.17, 15) is 4.79 Å². The number of likely N-dealkylation sites (tertiary alicyclic amines) is 1. The lowest BCUT2D eigenvalue weighted by atomic mass is 10.0. The van der Waals surface area contributed by atoms with Crippen LogP contribution >= 0.6 is 0 Å². The number of terminal acetylenes is 1. The van der Waals surface area contributed by atoms with Gasteiger partial charge in [0.2, 0.25) is 5.91 Å². The van der Waals surface area contributed by atoms with Crippen LogP contribution in [-0.4, -0.2) is 58.2 Å². The Morgan fingerprint density at radius 1 is 1.32 bits per heavy atom. The van der Waals surface area contributed by atoms with Gasteiger partial charge in [0.15, 0.2) is 0 Å². The molecule has 1 aromatic carbocycles. The highest BCUT2D eigenvalue weighted by Crippen LogP contribution is 2.21. The largest absolute Gasteiger partial charge is 0.344 e. The Bertz CT molecular complexity index is 821. The molecular formula is C23H30N4O. The quantitative estimate of drug-likeness (QED) is 0.696. The molecule has 1 unspecified atom stereocenters. The molecule has 5 nitrogen and oxygen atoms in total. The van der Waals surface area contributed by atoms with Crippen LogP contribution < -0.4 is 0 Å². The number of aromatic nitrogens is 2. The molecule has 1 aliphatic heterocycles. The lowest BCUT2D eigenvalue weighted by molar-refractivity contribution is -0.136. The number of nitrogens with zero attached hydrogens (tertiary/aromatic N) is 4. The number of carbonyl (C=O) groups excluding carboxylic acids is 1. The van der Waals surface area contributed by atoms with E-state index >= 15 is 0 Å². The zero-order valence-electron chi connectivity index (χ0n) is 17.0. The standard InChI is InChI=1S/C23H30N4O/c1-4-15-27-17-9-8-14-21(27)23(28)25(2)16-10-13-20-18-22(26(3)24-20)19-11-6-5-7-12-19/h1,5-7,11-12,18,21H,8-10,13-17H2,2-3H3. The Morgan fingerprint density at radius 2 is 2.11 bits per heavy atom. The Balaban J connectivity index is 1.53. The first-order valence-corrected chi connectivity index (χ1v) is 10.1. The Morgan fingerprint density at radius 3 is 2.86 bits per heavy atom. The third-order valence-corrected chi connectivity index (χ3v) is 5.50. The number of hydrogen-bond donors (Lipinski definition) is 0. The SMILES string of the molecule is C#CCN1CCCCC1C(=O)N(C)CCCc1cc(-c2ccccc2)n(C)n1. The molecule has 0 saturated carbocycles. The number of hydrogen-bond acceptors (Lipinski definition) is 3.